The topological polar surface area (TPSA) is 75.6 Å². The molecule has 1 aromatic carbocycles. The van der Waals surface area contributed by atoms with Gasteiger partial charge in [0, 0.05) is 19.1 Å². The van der Waals surface area contributed by atoms with E-state index in [1.807, 2.05) is 0 Å². The predicted octanol–water partition coefficient (Wildman–Crippen LogP) is 3.32. The molecular formula is C20H27NO4. The summed E-state index contributed by atoms with van der Waals surface area (Å²) in [6, 6.07) is 6.94. The quantitative estimate of drug-likeness (QED) is 0.858. The zero-order valence-electron chi connectivity index (χ0n) is 14.6. The molecule has 1 atom stereocenters. The lowest BCUT2D eigenvalue weighted by Crippen LogP contribution is -2.49. The van der Waals surface area contributed by atoms with Gasteiger partial charge in [-0.3, -0.25) is 4.79 Å². The highest BCUT2D eigenvalue weighted by molar-refractivity contribution is 5.87. The number of nitrogens with one attached hydrogen (secondary N) is 1. The standard InChI is InChI=1S/C20H27NO4/c22-18(9-6-15-4-7-16(8-5-15)19(23)24)21-17-10-13-25-20(14-17)11-2-1-3-12-20/h4-5,7-8,17H,1-3,6,9-14H2,(H,21,22)(H,23,24). The van der Waals surface area contributed by atoms with Gasteiger partial charge in [-0.2, -0.15) is 0 Å². The van der Waals surface area contributed by atoms with E-state index in [0.29, 0.717) is 12.8 Å². The predicted molar refractivity (Wildman–Crippen MR) is 94.7 cm³/mol. The minimum absolute atomic E-state index is 0.00110. The average molecular weight is 345 g/mol. The van der Waals surface area contributed by atoms with Crippen molar-refractivity contribution in [3.05, 3.63) is 35.4 Å². The zero-order chi connectivity index (χ0) is 17.7. The largest absolute Gasteiger partial charge is 0.478 e. The van der Waals surface area contributed by atoms with E-state index in [0.717, 1.165) is 37.9 Å². The Morgan fingerprint density at radius 2 is 1.88 bits per heavy atom. The number of hydrogen-bond acceptors (Lipinski definition) is 3. The van der Waals surface area contributed by atoms with Crippen molar-refractivity contribution in [3.63, 3.8) is 0 Å². The maximum Gasteiger partial charge on any atom is 0.335 e. The second-order valence-electron chi connectivity index (χ2n) is 7.35. The van der Waals surface area contributed by atoms with Gasteiger partial charge in [0.2, 0.25) is 5.91 Å². The molecule has 3 rings (SSSR count). The molecule has 0 bridgehead atoms. The highest BCUT2D eigenvalue weighted by Gasteiger charge is 2.38. The molecule has 1 aliphatic heterocycles. The Morgan fingerprint density at radius 3 is 2.56 bits per heavy atom. The lowest BCUT2D eigenvalue weighted by molar-refractivity contribution is -0.128. The Labute approximate surface area is 148 Å². The first-order valence-corrected chi connectivity index (χ1v) is 9.32. The Bertz CT molecular complexity index is 599. The molecule has 25 heavy (non-hydrogen) atoms. The molecule has 5 nitrogen and oxygen atoms in total. The molecule has 1 heterocycles. The maximum absolute atomic E-state index is 12.3. The van der Waals surface area contributed by atoms with Crippen molar-refractivity contribution in [2.45, 2.75) is 69.4 Å². The summed E-state index contributed by atoms with van der Waals surface area (Å²) < 4.78 is 6.08. The molecule has 1 saturated heterocycles. The van der Waals surface area contributed by atoms with Gasteiger partial charge in [0.15, 0.2) is 0 Å². The number of carboxylic acids is 1. The van der Waals surface area contributed by atoms with Crippen LogP contribution in [-0.4, -0.2) is 35.2 Å². The first kappa shape index (κ1) is 17.9. The summed E-state index contributed by atoms with van der Waals surface area (Å²) in [7, 11) is 0. The summed E-state index contributed by atoms with van der Waals surface area (Å²) in [5.74, 6) is -0.861. The SMILES string of the molecule is O=C(CCc1ccc(C(=O)O)cc1)NC1CCOC2(CCCCC2)C1. The number of hydrogen-bond donors (Lipinski definition) is 2. The first-order valence-electron chi connectivity index (χ1n) is 9.32. The van der Waals surface area contributed by atoms with Crippen LogP contribution in [0.15, 0.2) is 24.3 Å². The lowest BCUT2D eigenvalue weighted by Gasteiger charge is -2.43. The van der Waals surface area contributed by atoms with E-state index in [-0.39, 0.29) is 23.1 Å². The van der Waals surface area contributed by atoms with Gasteiger partial charge in [0.1, 0.15) is 0 Å². The minimum atomic E-state index is -0.930. The lowest BCUT2D eigenvalue weighted by atomic mass is 9.78. The van der Waals surface area contributed by atoms with Crippen LogP contribution in [0.25, 0.3) is 0 Å². The fourth-order valence-corrected chi connectivity index (χ4v) is 4.07. The third-order valence-electron chi connectivity index (χ3n) is 5.46. The molecule has 1 spiro atoms. The molecule has 1 amide bonds. The van der Waals surface area contributed by atoms with Crippen LogP contribution in [0.5, 0.6) is 0 Å². The third-order valence-corrected chi connectivity index (χ3v) is 5.46. The number of aryl methyl sites for hydroxylation is 1. The smallest absolute Gasteiger partial charge is 0.335 e. The van der Waals surface area contributed by atoms with Gasteiger partial charge in [-0.15, -0.1) is 0 Å². The molecular weight excluding hydrogens is 318 g/mol. The fraction of sp³-hybridized carbons (Fsp3) is 0.600. The molecule has 1 aliphatic carbocycles. The van der Waals surface area contributed by atoms with E-state index < -0.39 is 5.97 Å². The van der Waals surface area contributed by atoms with Crippen molar-refractivity contribution in [3.8, 4) is 0 Å². The van der Waals surface area contributed by atoms with Gasteiger partial charge in [0.25, 0.3) is 0 Å². The number of rotatable bonds is 5. The zero-order valence-corrected chi connectivity index (χ0v) is 14.6. The number of ether oxygens (including phenoxy) is 1. The van der Waals surface area contributed by atoms with Crippen LogP contribution in [0, 0.1) is 0 Å². The number of carbonyl (C=O) groups is 2. The molecule has 2 aliphatic rings. The normalized spacial score (nSPS) is 22.5. The number of carbonyl (C=O) groups excluding carboxylic acids is 1. The van der Waals surface area contributed by atoms with Crippen molar-refractivity contribution < 1.29 is 19.4 Å². The molecule has 0 radical (unpaired) electrons. The van der Waals surface area contributed by atoms with E-state index in [1.54, 1.807) is 24.3 Å². The van der Waals surface area contributed by atoms with Crippen LogP contribution in [0.3, 0.4) is 0 Å². The van der Waals surface area contributed by atoms with Crippen LogP contribution in [0.4, 0.5) is 0 Å². The molecule has 1 unspecified atom stereocenters. The van der Waals surface area contributed by atoms with Gasteiger partial charge in [-0.25, -0.2) is 4.79 Å². The molecule has 1 saturated carbocycles. The van der Waals surface area contributed by atoms with Crippen molar-refractivity contribution in [2.24, 2.45) is 0 Å². The minimum Gasteiger partial charge on any atom is -0.478 e. The van der Waals surface area contributed by atoms with Crippen LogP contribution >= 0.6 is 0 Å². The summed E-state index contributed by atoms with van der Waals surface area (Å²) in [6.07, 6.45) is 8.87. The highest BCUT2D eigenvalue weighted by atomic mass is 16.5. The summed E-state index contributed by atoms with van der Waals surface area (Å²) in [5, 5.41) is 12.1. The van der Waals surface area contributed by atoms with E-state index in [4.69, 9.17) is 9.84 Å². The number of benzene rings is 1. The van der Waals surface area contributed by atoms with E-state index >= 15 is 0 Å². The molecule has 1 aromatic rings. The van der Waals surface area contributed by atoms with Crippen LogP contribution in [0.1, 0.15) is 67.3 Å². The van der Waals surface area contributed by atoms with Crippen molar-refractivity contribution >= 4 is 11.9 Å². The third kappa shape index (κ3) is 4.82. The van der Waals surface area contributed by atoms with Crippen molar-refractivity contribution in [1.29, 1.82) is 0 Å². The monoisotopic (exact) mass is 345 g/mol. The van der Waals surface area contributed by atoms with Gasteiger partial charge < -0.3 is 15.2 Å². The summed E-state index contributed by atoms with van der Waals surface area (Å²) >= 11 is 0. The number of amides is 1. The van der Waals surface area contributed by atoms with Crippen LogP contribution in [-0.2, 0) is 16.0 Å². The molecule has 2 fully saturated rings. The fourth-order valence-electron chi connectivity index (χ4n) is 4.07. The van der Waals surface area contributed by atoms with Gasteiger partial charge in [-0.05, 0) is 49.8 Å². The maximum atomic E-state index is 12.3. The summed E-state index contributed by atoms with van der Waals surface area (Å²) in [5.41, 5.74) is 1.25. The Balaban J connectivity index is 1.46. The first-order chi connectivity index (χ1) is 12.1. The van der Waals surface area contributed by atoms with Crippen molar-refractivity contribution in [1.82, 2.24) is 5.32 Å². The molecule has 5 heteroatoms. The second-order valence-corrected chi connectivity index (χ2v) is 7.35. The Morgan fingerprint density at radius 1 is 1.16 bits per heavy atom. The average Bonchev–Trinajstić information content (AvgIpc) is 2.61. The number of aromatic carboxylic acids is 1. The van der Waals surface area contributed by atoms with Gasteiger partial charge >= 0.3 is 5.97 Å². The van der Waals surface area contributed by atoms with Crippen LogP contribution < -0.4 is 5.32 Å². The van der Waals surface area contributed by atoms with E-state index in [1.165, 1.54) is 19.3 Å². The second kappa shape index (κ2) is 8.00. The van der Waals surface area contributed by atoms with Gasteiger partial charge in [-0.1, -0.05) is 31.4 Å². The van der Waals surface area contributed by atoms with E-state index in [9.17, 15) is 9.59 Å². The molecule has 136 valence electrons. The van der Waals surface area contributed by atoms with Crippen LogP contribution in [0.2, 0.25) is 0 Å². The highest BCUT2D eigenvalue weighted by Crippen LogP contribution is 2.38. The Kier molecular flexibility index (Phi) is 5.74. The summed E-state index contributed by atoms with van der Waals surface area (Å²) in [4.78, 5) is 23.1. The van der Waals surface area contributed by atoms with E-state index in [2.05, 4.69) is 5.32 Å². The number of carboxylic acid groups (broad SMARTS) is 1. The van der Waals surface area contributed by atoms with Gasteiger partial charge in [0.05, 0.1) is 11.2 Å². The summed E-state index contributed by atoms with van der Waals surface area (Å²) in [6.45, 7) is 0.738. The van der Waals surface area contributed by atoms with Crippen molar-refractivity contribution in [2.75, 3.05) is 6.61 Å². The molecule has 2 N–H and O–H groups in total. The molecule has 0 aromatic heterocycles. The Hall–Kier alpha value is -1.88.